The number of rotatable bonds is 11. The zero-order chi connectivity index (χ0) is 41.6. The number of benzene rings is 2. The molecule has 4 aliphatic heterocycles. The summed E-state index contributed by atoms with van der Waals surface area (Å²) in [4.78, 5) is 22.2. The van der Waals surface area contributed by atoms with E-state index >= 15 is 0 Å². The van der Waals surface area contributed by atoms with Crippen molar-refractivity contribution in [3.05, 3.63) is 79.1 Å². The number of ether oxygens (including phenoxy) is 7. The van der Waals surface area contributed by atoms with Crippen molar-refractivity contribution < 1.29 is 47.9 Å². The van der Waals surface area contributed by atoms with Crippen LogP contribution in [-0.4, -0.2) is 106 Å². The highest BCUT2D eigenvalue weighted by atomic mass is 35.5. The van der Waals surface area contributed by atoms with Crippen LogP contribution in [0.15, 0.2) is 47.9 Å². The Bertz CT molecular complexity index is 1750. The highest BCUT2D eigenvalue weighted by molar-refractivity contribution is 6.61. The second-order valence-corrected chi connectivity index (χ2v) is 15.7. The molecule has 6 rings (SSSR count). The van der Waals surface area contributed by atoms with Crippen LogP contribution in [-0.2, 0) is 33.2 Å². The Hall–Kier alpha value is -2.33. The van der Waals surface area contributed by atoms with Crippen molar-refractivity contribution in [2.75, 3.05) is 65.9 Å². The summed E-state index contributed by atoms with van der Waals surface area (Å²) < 4.78 is 36.6. The SMILES string of the molecule is CC1CC2(CCO1)NCC(c1ccc(Cl)cc1Cl)=C2O.CCOCCOC(=O)Cl.CCOCCOC(=O)OC1=C(c2ccc(Cl)cc2Cl)CNC12CCOC(C)C2. The summed E-state index contributed by atoms with van der Waals surface area (Å²) in [5.74, 6) is 0.949. The van der Waals surface area contributed by atoms with Crippen LogP contribution < -0.4 is 10.6 Å². The molecule has 4 aliphatic rings. The third kappa shape index (κ3) is 13.3. The average Bonchev–Trinajstić information content (AvgIpc) is 3.64. The summed E-state index contributed by atoms with van der Waals surface area (Å²) in [6.07, 6.45) is 2.34. The van der Waals surface area contributed by atoms with E-state index in [0.717, 1.165) is 35.1 Å². The van der Waals surface area contributed by atoms with E-state index in [9.17, 15) is 14.7 Å². The van der Waals surface area contributed by atoms with Gasteiger partial charge in [0.25, 0.3) is 0 Å². The van der Waals surface area contributed by atoms with Crippen LogP contribution in [0, 0.1) is 0 Å². The van der Waals surface area contributed by atoms with Crippen molar-refractivity contribution in [3.8, 4) is 0 Å². The second kappa shape index (κ2) is 22.9. The molecular weight excluding hydrogens is 846 g/mol. The number of aliphatic hydroxyl groups excluding tert-OH is 1. The third-order valence-corrected chi connectivity index (χ3v) is 11.0. The smallest absolute Gasteiger partial charge is 0.510 e. The van der Waals surface area contributed by atoms with E-state index in [1.54, 1.807) is 24.3 Å². The topological polar surface area (TPSA) is 143 Å². The fraction of sp³-hybridized carbons (Fsp3) is 0.550. The van der Waals surface area contributed by atoms with E-state index in [1.807, 2.05) is 39.8 Å². The maximum absolute atomic E-state index is 12.3. The molecule has 17 heteroatoms. The molecule has 0 amide bonds. The van der Waals surface area contributed by atoms with Gasteiger partial charge in [0.05, 0.1) is 36.5 Å². The van der Waals surface area contributed by atoms with E-state index in [-0.39, 0.29) is 31.0 Å². The molecule has 2 spiro atoms. The Kier molecular flexibility index (Phi) is 19.0. The summed E-state index contributed by atoms with van der Waals surface area (Å²) in [5.41, 5.74) is 1.68. The van der Waals surface area contributed by atoms with Gasteiger partial charge in [0.15, 0.2) is 0 Å². The van der Waals surface area contributed by atoms with Gasteiger partial charge in [-0.1, -0.05) is 58.5 Å². The minimum atomic E-state index is -0.783. The van der Waals surface area contributed by atoms with Crippen LogP contribution in [0.2, 0.25) is 20.1 Å². The number of halogens is 5. The van der Waals surface area contributed by atoms with Gasteiger partial charge in [0, 0.05) is 93.5 Å². The molecule has 0 bridgehead atoms. The molecule has 4 heterocycles. The predicted octanol–water partition coefficient (Wildman–Crippen LogP) is 9.64. The molecule has 12 nitrogen and oxygen atoms in total. The van der Waals surface area contributed by atoms with Crippen LogP contribution in [0.4, 0.5) is 9.59 Å². The van der Waals surface area contributed by atoms with Gasteiger partial charge in [0.2, 0.25) is 0 Å². The van der Waals surface area contributed by atoms with Gasteiger partial charge in [-0.2, -0.15) is 0 Å². The van der Waals surface area contributed by atoms with Gasteiger partial charge in [-0.25, -0.2) is 9.59 Å². The minimum absolute atomic E-state index is 0.0360. The average molecular weight is 897 g/mol. The highest BCUT2D eigenvalue weighted by Gasteiger charge is 2.47. The van der Waals surface area contributed by atoms with E-state index in [2.05, 4.69) is 15.4 Å². The Morgan fingerprint density at radius 1 is 0.754 bits per heavy atom. The molecule has 0 aliphatic carbocycles. The standard InChI is InChI=1S/C20H25Cl2NO5.C15H17Cl2NO2.C5H9ClO3/c1-3-25-8-9-27-19(24)28-18-16(15-5-4-14(21)10-17(15)22)12-23-20(18)6-7-26-13(2)11-20;1-9-7-15(4-5-20-9)14(19)12(8-18-15)11-3-2-10(16)6-13(11)17;1-2-8-3-4-9-5(6)7/h4-5,10,13,23H,3,6-9,11-12H2,1-2H3;2-3,6,9,18-19H,4-5,7-8H2,1H3;2-4H2,1H3. The minimum Gasteiger partial charge on any atom is -0.510 e. The molecule has 0 aromatic heterocycles. The molecule has 4 unspecified atom stereocenters. The first-order chi connectivity index (χ1) is 27.2. The van der Waals surface area contributed by atoms with Crippen LogP contribution in [0.1, 0.15) is 64.5 Å². The lowest BCUT2D eigenvalue weighted by Crippen LogP contribution is -2.50. The van der Waals surface area contributed by atoms with E-state index < -0.39 is 17.1 Å². The fourth-order valence-electron chi connectivity index (χ4n) is 7.17. The Morgan fingerprint density at radius 2 is 1.25 bits per heavy atom. The number of carbonyl (C=O) groups excluding carboxylic acids is 2. The van der Waals surface area contributed by atoms with Crippen LogP contribution in [0.25, 0.3) is 11.1 Å². The molecule has 3 N–H and O–H groups in total. The van der Waals surface area contributed by atoms with Gasteiger partial charge < -0.3 is 48.9 Å². The van der Waals surface area contributed by atoms with Gasteiger partial charge in [-0.05, 0) is 77.6 Å². The van der Waals surface area contributed by atoms with Crippen molar-refractivity contribution in [1.82, 2.24) is 10.6 Å². The highest BCUT2D eigenvalue weighted by Crippen LogP contribution is 2.43. The number of hydrogen-bond acceptors (Lipinski definition) is 12. The van der Waals surface area contributed by atoms with Crippen molar-refractivity contribution in [2.45, 2.75) is 76.7 Å². The van der Waals surface area contributed by atoms with Crippen molar-refractivity contribution >= 4 is 80.7 Å². The molecule has 4 atom stereocenters. The monoisotopic (exact) mass is 894 g/mol. The molecule has 57 heavy (non-hydrogen) atoms. The third-order valence-electron chi connectivity index (χ3n) is 9.79. The van der Waals surface area contributed by atoms with Crippen LogP contribution in [0.3, 0.4) is 0 Å². The molecule has 0 saturated carbocycles. The summed E-state index contributed by atoms with van der Waals surface area (Å²) >= 11 is 29.5. The first kappa shape index (κ1) is 47.3. The molecule has 0 radical (unpaired) electrons. The first-order valence-electron chi connectivity index (χ1n) is 18.9. The van der Waals surface area contributed by atoms with Crippen LogP contribution in [0.5, 0.6) is 0 Å². The largest absolute Gasteiger partial charge is 0.513 e. The molecule has 2 fully saturated rings. The van der Waals surface area contributed by atoms with Crippen molar-refractivity contribution in [2.24, 2.45) is 0 Å². The quantitative estimate of drug-likeness (QED) is 0.112. The fourth-order valence-corrected chi connectivity index (χ4v) is 8.29. The summed E-state index contributed by atoms with van der Waals surface area (Å²) in [6, 6.07) is 10.6. The Balaban J connectivity index is 0.000000215. The van der Waals surface area contributed by atoms with Crippen molar-refractivity contribution in [3.63, 3.8) is 0 Å². The molecule has 2 saturated heterocycles. The Morgan fingerprint density at radius 3 is 1.77 bits per heavy atom. The summed E-state index contributed by atoms with van der Waals surface area (Å²) in [6.45, 7) is 12.4. The first-order valence-corrected chi connectivity index (χ1v) is 20.8. The van der Waals surface area contributed by atoms with Crippen molar-refractivity contribution in [1.29, 1.82) is 0 Å². The Labute approximate surface area is 359 Å². The van der Waals surface area contributed by atoms with Crippen LogP contribution >= 0.6 is 58.0 Å². The zero-order valence-corrected chi connectivity index (χ0v) is 36.3. The number of aliphatic hydroxyl groups is 1. The molecule has 316 valence electrons. The second-order valence-electron chi connectivity index (χ2n) is 13.7. The molecule has 2 aromatic rings. The predicted molar refractivity (Wildman–Crippen MR) is 223 cm³/mol. The summed E-state index contributed by atoms with van der Waals surface area (Å²) in [7, 11) is 0. The van der Waals surface area contributed by atoms with Gasteiger partial charge in [-0.15, -0.1) is 0 Å². The van der Waals surface area contributed by atoms with Gasteiger partial charge in [-0.3, -0.25) is 0 Å². The maximum atomic E-state index is 12.3. The van der Waals surface area contributed by atoms with E-state index in [1.165, 1.54) is 0 Å². The summed E-state index contributed by atoms with van der Waals surface area (Å²) in [5, 5.41) is 19.9. The van der Waals surface area contributed by atoms with Gasteiger partial charge in [0.1, 0.15) is 24.7 Å². The maximum Gasteiger partial charge on any atom is 0.513 e. The zero-order valence-electron chi connectivity index (χ0n) is 32.5. The van der Waals surface area contributed by atoms with Gasteiger partial charge >= 0.3 is 11.6 Å². The number of nitrogens with one attached hydrogen (secondary N) is 2. The van der Waals surface area contributed by atoms with E-state index in [4.69, 9.17) is 86.4 Å². The number of hydrogen-bond donors (Lipinski definition) is 3. The van der Waals surface area contributed by atoms with E-state index in [0.29, 0.717) is 97.2 Å². The lowest BCUT2D eigenvalue weighted by molar-refractivity contribution is -0.0217. The molecule has 2 aromatic carbocycles. The number of carbonyl (C=O) groups is 2. The normalized spacial score (nSPS) is 24.2. The lowest BCUT2D eigenvalue weighted by Gasteiger charge is -2.38. The lowest BCUT2D eigenvalue weighted by atomic mass is 9.85. The molecular formula is C40H51Cl5N2O10.